The molecule has 0 spiro atoms. The summed E-state index contributed by atoms with van der Waals surface area (Å²) < 4.78 is 28.8. The first-order valence-electron chi connectivity index (χ1n) is 5.52. The Morgan fingerprint density at radius 1 is 1.25 bits per heavy atom. The summed E-state index contributed by atoms with van der Waals surface area (Å²) in [7, 11) is 0. The Morgan fingerprint density at radius 3 is 2.70 bits per heavy atom. The number of hydrogen-bond donors (Lipinski definition) is 0. The van der Waals surface area contributed by atoms with Gasteiger partial charge in [0, 0.05) is 28.9 Å². The van der Waals surface area contributed by atoms with Crippen LogP contribution in [0.1, 0.15) is 0 Å². The van der Waals surface area contributed by atoms with Crippen molar-refractivity contribution in [2.24, 2.45) is 0 Å². The summed E-state index contributed by atoms with van der Waals surface area (Å²) in [5, 5.41) is 0.886. The van der Waals surface area contributed by atoms with Gasteiger partial charge in [0.1, 0.15) is 5.82 Å². The van der Waals surface area contributed by atoms with Crippen molar-refractivity contribution in [1.82, 2.24) is 8.96 Å². The number of aromatic nitrogens is 2. The average molecular weight is 376 g/mol. The van der Waals surface area contributed by atoms with Crippen molar-refractivity contribution in [3.63, 3.8) is 0 Å². The summed E-state index contributed by atoms with van der Waals surface area (Å²) in [5.74, 6) is -0.397. The van der Waals surface area contributed by atoms with Crippen molar-refractivity contribution < 1.29 is 8.28 Å². The minimum absolute atomic E-state index is 0.00802. The summed E-state index contributed by atoms with van der Waals surface area (Å²) in [5.41, 5.74) is 1.21. The summed E-state index contributed by atoms with van der Waals surface area (Å²) in [6, 6.07) is 6.27. The lowest BCUT2D eigenvalue weighted by molar-refractivity contribution is 0.631. The SMILES string of the molecule is FSn1cc(-c2ccccc2F)c2c(Cl)c(Br)cnc21. The molecule has 0 aliphatic carbocycles. The van der Waals surface area contributed by atoms with Gasteiger partial charge in [0.2, 0.25) is 0 Å². The molecular formula is C13H6BrClF2N2S. The maximum absolute atomic E-state index is 14.0. The molecule has 0 bridgehead atoms. The van der Waals surface area contributed by atoms with E-state index < -0.39 is 5.82 Å². The molecule has 0 fully saturated rings. The number of fused-ring (bicyclic) bond motifs is 1. The van der Waals surface area contributed by atoms with Crippen LogP contribution in [0, 0.1) is 5.82 Å². The highest BCUT2D eigenvalue weighted by molar-refractivity contribution is 9.10. The second-order valence-corrected chi connectivity index (χ2v) is 5.80. The molecule has 0 atom stereocenters. The van der Waals surface area contributed by atoms with Gasteiger partial charge in [-0.15, -0.1) is 3.89 Å². The van der Waals surface area contributed by atoms with Gasteiger partial charge in [0.25, 0.3) is 0 Å². The maximum atomic E-state index is 14.0. The summed E-state index contributed by atoms with van der Waals surface area (Å²) >= 11 is 9.52. The topological polar surface area (TPSA) is 17.8 Å². The van der Waals surface area contributed by atoms with Crippen molar-refractivity contribution >= 4 is 50.9 Å². The lowest BCUT2D eigenvalue weighted by atomic mass is 10.1. The van der Waals surface area contributed by atoms with Gasteiger partial charge in [-0.3, -0.25) is 0 Å². The molecule has 3 aromatic rings. The Morgan fingerprint density at radius 2 is 2.00 bits per heavy atom. The predicted octanol–water partition coefficient (Wildman–Crippen LogP) is 5.64. The van der Waals surface area contributed by atoms with Gasteiger partial charge in [0.15, 0.2) is 18.0 Å². The minimum Gasteiger partial charge on any atom is -0.246 e. The van der Waals surface area contributed by atoms with E-state index in [1.807, 2.05) is 0 Å². The zero-order valence-electron chi connectivity index (χ0n) is 9.78. The van der Waals surface area contributed by atoms with E-state index in [4.69, 9.17) is 11.6 Å². The van der Waals surface area contributed by atoms with Crippen LogP contribution in [0.25, 0.3) is 22.2 Å². The van der Waals surface area contributed by atoms with Crippen LogP contribution in [-0.2, 0) is 0 Å². The molecule has 0 amide bonds. The van der Waals surface area contributed by atoms with Crippen LogP contribution in [-0.4, -0.2) is 8.96 Å². The Balaban J connectivity index is 2.42. The number of nitrogens with zero attached hydrogens (tertiary/aromatic N) is 2. The van der Waals surface area contributed by atoms with Crippen LogP contribution in [0.3, 0.4) is 0 Å². The molecule has 2 nitrogen and oxygen atoms in total. The lowest BCUT2D eigenvalue weighted by Gasteiger charge is -2.03. The molecule has 0 radical (unpaired) electrons. The number of hydrogen-bond acceptors (Lipinski definition) is 2. The first-order valence-corrected chi connectivity index (χ1v) is 7.37. The minimum atomic E-state index is -0.397. The second-order valence-electron chi connectivity index (χ2n) is 4.04. The normalized spacial score (nSPS) is 11.2. The third kappa shape index (κ3) is 2.12. The Kier molecular flexibility index (Phi) is 3.70. The van der Waals surface area contributed by atoms with Crippen molar-refractivity contribution in [2.75, 3.05) is 0 Å². The molecule has 2 heterocycles. The predicted molar refractivity (Wildman–Crippen MR) is 81.9 cm³/mol. The lowest BCUT2D eigenvalue weighted by Crippen LogP contribution is -1.85. The van der Waals surface area contributed by atoms with Gasteiger partial charge in [-0.05, 0) is 22.0 Å². The van der Waals surface area contributed by atoms with Crippen LogP contribution in [0.15, 0.2) is 41.1 Å². The molecule has 20 heavy (non-hydrogen) atoms. The van der Waals surface area contributed by atoms with E-state index in [-0.39, 0.29) is 12.3 Å². The largest absolute Gasteiger partial charge is 0.246 e. The van der Waals surface area contributed by atoms with Gasteiger partial charge < -0.3 is 0 Å². The summed E-state index contributed by atoms with van der Waals surface area (Å²) in [4.78, 5) is 4.14. The third-order valence-electron chi connectivity index (χ3n) is 2.92. The fourth-order valence-electron chi connectivity index (χ4n) is 2.04. The first-order chi connectivity index (χ1) is 9.63. The van der Waals surface area contributed by atoms with Crippen LogP contribution in [0.5, 0.6) is 0 Å². The van der Waals surface area contributed by atoms with E-state index in [1.165, 1.54) is 22.4 Å². The highest BCUT2D eigenvalue weighted by atomic mass is 79.9. The first kappa shape index (κ1) is 13.9. The highest BCUT2D eigenvalue weighted by Crippen LogP contribution is 2.40. The Labute approximate surface area is 131 Å². The fraction of sp³-hybridized carbons (Fsp3) is 0. The van der Waals surface area contributed by atoms with E-state index in [9.17, 15) is 8.28 Å². The average Bonchev–Trinajstić information content (AvgIpc) is 2.82. The Bertz CT molecular complexity index is 806. The molecule has 3 rings (SSSR count). The smallest absolute Gasteiger partial charge is 0.171 e. The number of halogens is 4. The molecular weight excluding hydrogens is 370 g/mol. The second kappa shape index (κ2) is 5.35. The maximum Gasteiger partial charge on any atom is 0.171 e. The van der Waals surface area contributed by atoms with Crippen LogP contribution in [0.2, 0.25) is 5.02 Å². The number of rotatable bonds is 2. The van der Waals surface area contributed by atoms with Gasteiger partial charge in [-0.1, -0.05) is 29.8 Å². The van der Waals surface area contributed by atoms with E-state index in [0.29, 0.717) is 31.7 Å². The van der Waals surface area contributed by atoms with Crippen molar-refractivity contribution in [3.8, 4) is 11.1 Å². The van der Waals surface area contributed by atoms with Crippen molar-refractivity contribution in [2.45, 2.75) is 0 Å². The third-order valence-corrected chi connectivity index (χ3v) is 4.56. The van der Waals surface area contributed by atoms with Gasteiger partial charge >= 0.3 is 0 Å². The molecule has 0 saturated heterocycles. The summed E-state index contributed by atoms with van der Waals surface area (Å²) in [6.07, 6.45) is 2.97. The van der Waals surface area contributed by atoms with Gasteiger partial charge in [0.05, 0.1) is 9.50 Å². The van der Waals surface area contributed by atoms with Crippen LogP contribution in [0.4, 0.5) is 8.28 Å². The fourth-order valence-corrected chi connectivity index (χ4v) is 2.93. The zero-order chi connectivity index (χ0) is 14.3. The van der Waals surface area contributed by atoms with E-state index in [1.54, 1.807) is 18.2 Å². The molecule has 0 aliphatic heterocycles. The summed E-state index contributed by atoms with van der Waals surface area (Å²) in [6.45, 7) is 0. The van der Waals surface area contributed by atoms with Crippen LogP contribution >= 0.6 is 39.9 Å². The highest BCUT2D eigenvalue weighted by Gasteiger charge is 2.18. The van der Waals surface area contributed by atoms with E-state index in [2.05, 4.69) is 20.9 Å². The zero-order valence-corrected chi connectivity index (χ0v) is 12.9. The van der Waals surface area contributed by atoms with Gasteiger partial charge in [-0.25, -0.2) is 13.3 Å². The van der Waals surface area contributed by atoms with E-state index >= 15 is 0 Å². The molecule has 102 valence electrons. The monoisotopic (exact) mass is 374 g/mol. The molecule has 2 aromatic heterocycles. The van der Waals surface area contributed by atoms with Crippen molar-refractivity contribution in [1.29, 1.82) is 0 Å². The number of pyridine rings is 1. The standard InChI is InChI=1S/C13H6BrClF2N2S/c14-9-5-18-13-11(12(9)15)8(6-19(13)20-17)7-3-1-2-4-10(7)16/h1-6H. The van der Waals surface area contributed by atoms with Gasteiger partial charge in [-0.2, -0.15) is 0 Å². The Hall–Kier alpha value is -1.11. The molecule has 1 aromatic carbocycles. The van der Waals surface area contributed by atoms with Crippen LogP contribution < -0.4 is 0 Å². The molecule has 0 N–H and O–H groups in total. The molecule has 0 saturated carbocycles. The quantitative estimate of drug-likeness (QED) is 0.577. The van der Waals surface area contributed by atoms with Crippen molar-refractivity contribution in [3.05, 3.63) is 52.0 Å². The molecule has 0 aliphatic rings. The van der Waals surface area contributed by atoms with E-state index in [0.717, 1.165) is 0 Å². The molecule has 7 heteroatoms. The number of benzene rings is 1. The molecule has 0 unspecified atom stereocenters.